The number of rotatable bonds is 2. The van der Waals surface area contributed by atoms with Crippen molar-refractivity contribution in [2.45, 2.75) is 69.6 Å². The normalized spacial score (nSPS) is 35.8. The highest BCUT2D eigenvalue weighted by Gasteiger charge is 2.26. The minimum absolute atomic E-state index is 0.505. The maximum atomic E-state index is 6.40. The Hall–Kier alpha value is 0.290. The van der Waals surface area contributed by atoms with Crippen LogP contribution < -0.4 is 0 Å². The predicted octanol–water partition coefficient (Wildman–Crippen LogP) is 4.75. The molecule has 2 aliphatic rings. The lowest BCUT2D eigenvalue weighted by Gasteiger charge is -2.32. The molecular weight excluding hydrogens is 192 g/mol. The van der Waals surface area contributed by atoms with Crippen molar-refractivity contribution in [1.29, 1.82) is 0 Å². The molecule has 0 aliphatic heterocycles. The van der Waals surface area contributed by atoms with Gasteiger partial charge in [-0.05, 0) is 31.1 Å². The Kier molecular flexibility index (Phi) is 4.16. The lowest BCUT2D eigenvalue weighted by atomic mass is 9.77. The summed E-state index contributed by atoms with van der Waals surface area (Å²) in [4.78, 5) is 0. The van der Waals surface area contributed by atoms with E-state index in [2.05, 4.69) is 0 Å². The van der Waals surface area contributed by atoms with Crippen molar-refractivity contribution in [2.24, 2.45) is 11.8 Å². The first-order valence-electron chi connectivity index (χ1n) is 6.50. The Morgan fingerprint density at radius 3 is 2.14 bits per heavy atom. The summed E-state index contributed by atoms with van der Waals surface area (Å²) in [5.41, 5.74) is 0. The van der Waals surface area contributed by atoms with Crippen LogP contribution in [0.5, 0.6) is 0 Å². The summed E-state index contributed by atoms with van der Waals surface area (Å²) >= 11 is 6.40. The van der Waals surface area contributed by atoms with E-state index in [0.29, 0.717) is 5.38 Å². The maximum absolute atomic E-state index is 6.40. The van der Waals surface area contributed by atoms with Gasteiger partial charge in [-0.25, -0.2) is 0 Å². The average molecular weight is 215 g/mol. The fourth-order valence-electron chi connectivity index (χ4n) is 3.28. The Bertz CT molecular complexity index is 161. The molecule has 0 saturated heterocycles. The van der Waals surface area contributed by atoms with Crippen LogP contribution in [-0.4, -0.2) is 5.38 Å². The lowest BCUT2D eigenvalue weighted by molar-refractivity contribution is 0.248. The van der Waals surface area contributed by atoms with Crippen molar-refractivity contribution in [3.63, 3.8) is 0 Å². The first kappa shape index (κ1) is 10.8. The molecule has 0 N–H and O–H groups in total. The van der Waals surface area contributed by atoms with Gasteiger partial charge in [0.15, 0.2) is 0 Å². The van der Waals surface area contributed by atoms with Crippen LogP contribution >= 0.6 is 11.6 Å². The van der Waals surface area contributed by atoms with E-state index in [1.165, 1.54) is 64.2 Å². The van der Waals surface area contributed by atoms with E-state index >= 15 is 0 Å². The average Bonchev–Trinajstić information content (AvgIpc) is 2.23. The standard InChI is InChI=1S/C13H23Cl/c14-13-9-5-4-8-12(13)10-11-6-2-1-3-7-11/h11-13H,1-10H2. The molecule has 0 radical (unpaired) electrons. The van der Waals surface area contributed by atoms with Crippen LogP contribution in [0.4, 0.5) is 0 Å². The van der Waals surface area contributed by atoms with Crippen LogP contribution in [0, 0.1) is 11.8 Å². The van der Waals surface area contributed by atoms with Crippen LogP contribution in [0.25, 0.3) is 0 Å². The molecule has 2 aliphatic carbocycles. The van der Waals surface area contributed by atoms with Gasteiger partial charge in [0.05, 0.1) is 0 Å². The fourth-order valence-corrected chi connectivity index (χ4v) is 3.66. The summed E-state index contributed by atoms with van der Waals surface area (Å²) in [5.74, 6) is 1.88. The summed E-state index contributed by atoms with van der Waals surface area (Å²) in [6.07, 6.45) is 14.3. The number of hydrogen-bond donors (Lipinski definition) is 0. The molecule has 0 spiro atoms. The molecule has 14 heavy (non-hydrogen) atoms. The first-order chi connectivity index (χ1) is 6.86. The van der Waals surface area contributed by atoms with Gasteiger partial charge in [0.1, 0.15) is 0 Å². The third-order valence-corrected chi connectivity index (χ3v) is 4.75. The Balaban J connectivity index is 1.76. The molecule has 0 aromatic carbocycles. The summed E-state index contributed by atoms with van der Waals surface area (Å²) in [7, 11) is 0. The quantitative estimate of drug-likeness (QED) is 0.582. The first-order valence-corrected chi connectivity index (χ1v) is 6.94. The van der Waals surface area contributed by atoms with Gasteiger partial charge in [0.25, 0.3) is 0 Å². The van der Waals surface area contributed by atoms with Crippen molar-refractivity contribution in [3.05, 3.63) is 0 Å². The number of halogens is 1. The van der Waals surface area contributed by atoms with E-state index in [9.17, 15) is 0 Å². The highest BCUT2D eigenvalue weighted by Crippen LogP contribution is 2.37. The summed E-state index contributed by atoms with van der Waals surface area (Å²) in [6.45, 7) is 0. The second-order valence-electron chi connectivity index (χ2n) is 5.30. The Morgan fingerprint density at radius 1 is 0.786 bits per heavy atom. The van der Waals surface area contributed by atoms with E-state index in [0.717, 1.165) is 11.8 Å². The molecule has 2 saturated carbocycles. The van der Waals surface area contributed by atoms with Crippen molar-refractivity contribution < 1.29 is 0 Å². The Morgan fingerprint density at radius 2 is 1.43 bits per heavy atom. The molecule has 0 bridgehead atoms. The minimum Gasteiger partial charge on any atom is -0.123 e. The predicted molar refractivity (Wildman–Crippen MR) is 62.8 cm³/mol. The molecule has 2 fully saturated rings. The van der Waals surface area contributed by atoms with Crippen molar-refractivity contribution >= 4 is 11.6 Å². The Labute approximate surface area is 93.4 Å². The highest BCUT2D eigenvalue weighted by molar-refractivity contribution is 6.20. The van der Waals surface area contributed by atoms with Crippen molar-refractivity contribution in [3.8, 4) is 0 Å². The molecule has 2 unspecified atom stereocenters. The van der Waals surface area contributed by atoms with Gasteiger partial charge in [0.2, 0.25) is 0 Å². The summed E-state index contributed by atoms with van der Waals surface area (Å²) < 4.78 is 0. The molecule has 0 amide bonds. The van der Waals surface area contributed by atoms with E-state index < -0.39 is 0 Å². The van der Waals surface area contributed by atoms with Crippen molar-refractivity contribution in [1.82, 2.24) is 0 Å². The van der Waals surface area contributed by atoms with Gasteiger partial charge in [-0.15, -0.1) is 11.6 Å². The molecule has 1 heteroatoms. The monoisotopic (exact) mass is 214 g/mol. The third kappa shape index (κ3) is 2.89. The van der Waals surface area contributed by atoms with Crippen LogP contribution in [0.1, 0.15) is 64.2 Å². The second-order valence-corrected chi connectivity index (χ2v) is 5.86. The zero-order valence-electron chi connectivity index (χ0n) is 9.18. The van der Waals surface area contributed by atoms with Gasteiger partial charge in [-0.2, -0.15) is 0 Å². The highest BCUT2D eigenvalue weighted by atomic mass is 35.5. The van der Waals surface area contributed by atoms with Crippen LogP contribution in [0.15, 0.2) is 0 Å². The SMILES string of the molecule is ClC1CCCCC1CC1CCCCC1. The van der Waals surface area contributed by atoms with E-state index in [1.54, 1.807) is 0 Å². The van der Waals surface area contributed by atoms with Gasteiger partial charge in [0, 0.05) is 5.38 Å². The molecule has 2 rings (SSSR count). The largest absolute Gasteiger partial charge is 0.123 e. The van der Waals surface area contributed by atoms with Crippen molar-refractivity contribution in [2.75, 3.05) is 0 Å². The fraction of sp³-hybridized carbons (Fsp3) is 1.00. The topological polar surface area (TPSA) is 0 Å². The molecule has 82 valence electrons. The second kappa shape index (κ2) is 5.39. The number of alkyl halides is 1. The van der Waals surface area contributed by atoms with Crippen LogP contribution in [0.2, 0.25) is 0 Å². The number of hydrogen-bond acceptors (Lipinski definition) is 0. The molecule has 0 nitrogen and oxygen atoms in total. The molecule has 0 heterocycles. The van der Waals surface area contributed by atoms with Crippen LogP contribution in [-0.2, 0) is 0 Å². The van der Waals surface area contributed by atoms with E-state index in [-0.39, 0.29) is 0 Å². The van der Waals surface area contributed by atoms with E-state index in [4.69, 9.17) is 11.6 Å². The molecule has 0 aromatic rings. The van der Waals surface area contributed by atoms with Gasteiger partial charge in [-0.3, -0.25) is 0 Å². The molecule has 0 aromatic heterocycles. The van der Waals surface area contributed by atoms with Crippen LogP contribution in [0.3, 0.4) is 0 Å². The zero-order chi connectivity index (χ0) is 9.80. The third-order valence-electron chi connectivity index (χ3n) is 4.18. The maximum Gasteiger partial charge on any atom is 0.0364 e. The van der Waals surface area contributed by atoms with Gasteiger partial charge in [-0.1, -0.05) is 44.9 Å². The molecular formula is C13H23Cl. The van der Waals surface area contributed by atoms with Gasteiger partial charge < -0.3 is 0 Å². The lowest BCUT2D eigenvalue weighted by Crippen LogP contribution is -2.23. The summed E-state index contributed by atoms with van der Waals surface area (Å²) in [6, 6.07) is 0. The summed E-state index contributed by atoms with van der Waals surface area (Å²) in [5, 5.41) is 0.505. The smallest absolute Gasteiger partial charge is 0.0364 e. The minimum atomic E-state index is 0.505. The van der Waals surface area contributed by atoms with E-state index in [1.807, 2.05) is 0 Å². The zero-order valence-corrected chi connectivity index (χ0v) is 9.94. The molecule has 2 atom stereocenters. The van der Waals surface area contributed by atoms with Gasteiger partial charge >= 0.3 is 0 Å².